The van der Waals surface area contributed by atoms with Crippen molar-refractivity contribution in [1.82, 2.24) is 4.98 Å². The second kappa shape index (κ2) is 3.93. The number of nitrogens with one attached hydrogen (secondary N) is 1. The van der Waals surface area contributed by atoms with Crippen LogP contribution in [-0.2, 0) is 0 Å². The van der Waals surface area contributed by atoms with Crippen LogP contribution in [0, 0.1) is 6.92 Å². The number of ether oxygens (including phenoxy) is 1. The summed E-state index contributed by atoms with van der Waals surface area (Å²) in [7, 11) is 1.51. The van der Waals surface area contributed by atoms with Gasteiger partial charge in [0.2, 0.25) is 0 Å². The highest BCUT2D eigenvalue weighted by Crippen LogP contribution is 2.22. The van der Waals surface area contributed by atoms with E-state index in [0.29, 0.717) is 16.7 Å². The fraction of sp³-hybridized carbons (Fsp3) is 0.167. The van der Waals surface area contributed by atoms with E-state index in [0.717, 1.165) is 0 Å². The summed E-state index contributed by atoms with van der Waals surface area (Å²) >= 11 is 0. The van der Waals surface area contributed by atoms with Gasteiger partial charge in [-0.05, 0) is 19.1 Å². The molecule has 0 saturated carbocycles. The number of H-pyrrole nitrogens is 1. The summed E-state index contributed by atoms with van der Waals surface area (Å²) in [5, 5.41) is 9.63. The molecule has 0 bridgehead atoms. The van der Waals surface area contributed by atoms with Gasteiger partial charge in [-0.1, -0.05) is 0 Å². The summed E-state index contributed by atoms with van der Waals surface area (Å²) in [5.74, 6) is -0.544. The van der Waals surface area contributed by atoms with Gasteiger partial charge >= 0.3 is 5.97 Å². The number of aromatic amines is 1. The number of methoxy groups -OCH3 is 1. The van der Waals surface area contributed by atoms with E-state index in [1.54, 1.807) is 18.2 Å². The first-order valence-electron chi connectivity index (χ1n) is 4.98. The molecule has 5 heteroatoms. The molecule has 1 heterocycles. The van der Waals surface area contributed by atoms with Crippen LogP contribution in [0.5, 0.6) is 5.75 Å². The lowest BCUT2D eigenvalue weighted by Crippen LogP contribution is -2.16. The smallest absolute Gasteiger partial charge is 0.336 e. The van der Waals surface area contributed by atoms with Gasteiger partial charge in [-0.3, -0.25) is 4.79 Å². The van der Waals surface area contributed by atoms with E-state index in [9.17, 15) is 9.59 Å². The standard InChI is InChI=1S/C12H11NO4/c1-6-10(12(15)16)8-4-3-7(17-2)5-9(8)13-11(6)14/h3-5H,1-2H3,(H,13,14)(H,15,16). The van der Waals surface area contributed by atoms with Crippen molar-refractivity contribution < 1.29 is 14.6 Å². The highest BCUT2D eigenvalue weighted by Gasteiger charge is 2.15. The number of rotatable bonds is 2. The molecular formula is C12H11NO4. The molecular weight excluding hydrogens is 222 g/mol. The van der Waals surface area contributed by atoms with E-state index < -0.39 is 11.5 Å². The van der Waals surface area contributed by atoms with E-state index in [-0.39, 0.29) is 11.1 Å². The predicted molar refractivity (Wildman–Crippen MR) is 62.8 cm³/mol. The zero-order valence-corrected chi connectivity index (χ0v) is 9.40. The Hall–Kier alpha value is -2.30. The molecule has 2 rings (SSSR count). The van der Waals surface area contributed by atoms with Crippen molar-refractivity contribution in [2.75, 3.05) is 7.11 Å². The average Bonchev–Trinajstić information content (AvgIpc) is 2.29. The second-order valence-electron chi connectivity index (χ2n) is 3.67. The number of hydrogen-bond donors (Lipinski definition) is 2. The molecule has 0 radical (unpaired) electrons. The number of carboxylic acids is 1. The van der Waals surface area contributed by atoms with E-state index in [4.69, 9.17) is 9.84 Å². The Labute approximate surface area is 96.7 Å². The summed E-state index contributed by atoms with van der Waals surface area (Å²) in [5.41, 5.74) is 0.294. The number of aromatic carboxylic acids is 1. The Balaban J connectivity index is 2.91. The van der Waals surface area contributed by atoms with Crippen molar-refractivity contribution in [3.8, 4) is 5.75 Å². The lowest BCUT2D eigenvalue weighted by Gasteiger charge is -2.07. The van der Waals surface area contributed by atoms with Crippen LogP contribution in [0.4, 0.5) is 0 Å². The van der Waals surface area contributed by atoms with Gasteiger partial charge in [0.15, 0.2) is 0 Å². The molecule has 0 unspecified atom stereocenters. The largest absolute Gasteiger partial charge is 0.497 e. The maximum atomic E-state index is 11.6. The van der Waals surface area contributed by atoms with Gasteiger partial charge in [-0.15, -0.1) is 0 Å². The zero-order valence-electron chi connectivity index (χ0n) is 9.40. The first-order chi connectivity index (χ1) is 8.04. The van der Waals surface area contributed by atoms with Crippen LogP contribution in [-0.4, -0.2) is 23.2 Å². The third-order valence-electron chi connectivity index (χ3n) is 2.67. The maximum absolute atomic E-state index is 11.6. The summed E-state index contributed by atoms with van der Waals surface area (Å²) in [6.07, 6.45) is 0. The zero-order chi connectivity index (χ0) is 12.6. The number of carbonyl (C=O) groups is 1. The Morgan fingerprint density at radius 1 is 1.41 bits per heavy atom. The van der Waals surface area contributed by atoms with E-state index >= 15 is 0 Å². The molecule has 0 aliphatic rings. The second-order valence-corrected chi connectivity index (χ2v) is 3.67. The Morgan fingerprint density at radius 2 is 2.12 bits per heavy atom. The number of aromatic nitrogens is 1. The molecule has 0 fully saturated rings. The minimum Gasteiger partial charge on any atom is -0.497 e. The number of benzene rings is 1. The fourth-order valence-electron chi connectivity index (χ4n) is 1.78. The molecule has 0 spiro atoms. The van der Waals surface area contributed by atoms with Crippen LogP contribution in [0.15, 0.2) is 23.0 Å². The van der Waals surface area contributed by atoms with Crippen molar-refractivity contribution in [1.29, 1.82) is 0 Å². The lowest BCUT2D eigenvalue weighted by molar-refractivity contribution is 0.0698. The molecule has 1 aromatic carbocycles. The summed E-state index contributed by atoms with van der Waals surface area (Å²) in [6, 6.07) is 4.88. The number of fused-ring (bicyclic) bond motifs is 1. The molecule has 0 saturated heterocycles. The molecule has 0 aliphatic carbocycles. The highest BCUT2D eigenvalue weighted by molar-refractivity contribution is 6.03. The van der Waals surface area contributed by atoms with E-state index in [1.807, 2.05) is 0 Å². The monoisotopic (exact) mass is 233 g/mol. The quantitative estimate of drug-likeness (QED) is 0.824. The fourth-order valence-corrected chi connectivity index (χ4v) is 1.78. The van der Waals surface area contributed by atoms with Gasteiger partial charge in [-0.2, -0.15) is 0 Å². The summed E-state index contributed by atoms with van der Waals surface area (Å²) in [4.78, 5) is 25.4. The molecule has 0 amide bonds. The normalized spacial score (nSPS) is 10.5. The summed E-state index contributed by atoms with van der Waals surface area (Å²) in [6.45, 7) is 1.49. The Bertz CT molecular complexity index is 657. The first kappa shape index (κ1) is 11.2. The van der Waals surface area contributed by atoms with Gasteiger partial charge in [-0.25, -0.2) is 4.79 Å². The van der Waals surface area contributed by atoms with E-state index in [2.05, 4.69) is 4.98 Å². The van der Waals surface area contributed by atoms with Crippen molar-refractivity contribution >= 4 is 16.9 Å². The van der Waals surface area contributed by atoms with Crippen LogP contribution in [0.3, 0.4) is 0 Å². The Kier molecular flexibility index (Phi) is 2.59. The van der Waals surface area contributed by atoms with E-state index in [1.165, 1.54) is 14.0 Å². The number of pyridine rings is 1. The van der Waals surface area contributed by atoms with Crippen LogP contribution < -0.4 is 10.3 Å². The van der Waals surface area contributed by atoms with Crippen molar-refractivity contribution in [3.63, 3.8) is 0 Å². The predicted octanol–water partition coefficient (Wildman–Crippen LogP) is 1.54. The van der Waals surface area contributed by atoms with Gasteiger partial charge in [0.05, 0.1) is 18.2 Å². The molecule has 88 valence electrons. The van der Waals surface area contributed by atoms with Crippen LogP contribution >= 0.6 is 0 Å². The first-order valence-corrected chi connectivity index (χ1v) is 4.98. The summed E-state index contributed by atoms with van der Waals surface area (Å²) < 4.78 is 5.02. The van der Waals surface area contributed by atoms with Gasteiger partial charge in [0, 0.05) is 17.0 Å². The number of hydrogen-bond acceptors (Lipinski definition) is 3. The minimum absolute atomic E-state index is 0.0337. The number of carboxylic acid groups (broad SMARTS) is 1. The molecule has 1 aromatic heterocycles. The van der Waals surface area contributed by atoms with Crippen molar-refractivity contribution in [2.24, 2.45) is 0 Å². The van der Waals surface area contributed by atoms with Crippen molar-refractivity contribution in [3.05, 3.63) is 39.7 Å². The van der Waals surface area contributed by atoms with Gasteiger partial charge in [0.1, 0.15) is 5.75 Å². The Morgan fingerprint density at radius 3 is 2.71 bits per heavy atom. The third-order valence-corrected chi connectivity index (χ3v) is 2.67. The third kappa shape index (κ3) is 1.75. The maximum Gasteiger partial charge on any atom is 0.336 e. The molecule has 5 nitrogen and oxygen atoms in total. The molecule has 17 heavy (non-hydrogen) atoms. The highest BCUT2D eigenvalue weighted by atomic mass is 16.5. The molecule has 2 N–H and O–H groups in total. The van der Waals surface area contributed by atoms with Crippen LogP contribution in [0.2, 0.25) is 0 Å². The minimum atomic E-state index is -1.11. The van der Waals surface area contributed by atoms with Gasteiger partial charge in [0.25, 0.3) is 5.56 Å². The van der Waals surface area contributed by atoms with Gasteiger partial charge < -0.3 is 14.8 Å². The molecule has 2 aromatic rings. The van der Waals surface area contributed by atoms with Crippen LogP contribution in [0.25, 0.3) is 10.9 Å². The molecule has 0 atom stereocenters. The van der Waals surface area contributed by atoms with Crippen LogP contribution in [0.1, 0.15) is 15.9 Å². The average molecular weight is 233 g/mol. The van der Waals surface area contributed by atoms with Crippen molar-refractivity contribution in [2.45, 2.75) is 6.92 Å². The lowest BCUT2D eigenvalue weighted by atomic mass is 10.0. The molecule has 0 aliphatic heterocycles. The topological polar surface area (TPSA) is 79.4 Å². The SMILES string of the molecule is COc1ccc2c(C(=O)O)c(C)c(=O)[nH]c2c1.